The second-order valence-electron chi connectivity index (χ2n) is 4.53. The third kappa shape index (κ3) is 3.95. The number of unbranched alkanes of at least 4 members (excludes halogenated alkanes) is 4. The number of hydrazine groups is 1. The van der Waals surface area contributed by atoms with Crippen molar-refractivity contribution in [3.8, 4) is 12.3 Å². The Hall–Kier alpha value is -1.57. The standard InChI is InChI=1S/C15H19N3S/c1-2-3-4-5-6-9-12-18(16)15-17-13-10-7-8-11-14(13)19-15/h1,7-8,10-11H,3-6,9,12,16H2. The largest absolute Gasteiger partial charge is 0.286 e. The molecule has 0 aliphatic heterocycles. The molecule has 0 bridgehead atoms. The van der Waals surface area contributed by atoms with Gasteiger partial charge in [0.1, 0.15) is 0 Å². The fourth-order valence-electron chi connectivity index (χ4n) is 1.94. The first-order chi connectivity index (χ1) is 9.31. The van der Waals surface area contributed by atoms with Crippen LogP contribution in [0, 0.1) is 12.3 Å². The molecule has 0 aliphatic rings. The van der Waals surface area contributed by atoms with Crippen molar-refractivity contribution in [2.45, 2.75) is 32.1 Å². The predicted molar refractivity (Wildman–Crippen MR) is 83.1 cm³/mol. The van der Waals surface area contributed by atoms with Gasteiger partial charge >= 0.3 is 0 Å². The summed E-state index contributed by atoms with van der Waals surface area (Å²) in [7, 11) is 0. The Kier molecular flexibility index (Phi) is 5.20. The minimum absolute atomic E-state index is 0.843. The Bertz CT molecular complexity index is 523. The Morgan fingerprint density at radius 2 is 2.00 bits per heavy atom. The molecular weight excluding hydrogens is 254 g/mol. The minimum atomic E-state index is 0.843. The minimum Gasteiger partial charge on any atom is -0.286 e. The molecule has 1 aromatic heterocycles. The molecule has 1 heterocycles. The smallest absolute Gasteiger partial charge is 0.200 e. The highest BCUT2D eigenvalue weighted by molar-refractivity contribution is 7.22. The molecule has 2 rings (SSSR count). The molecule has 0 radical (unpaired) electrons. The van der Waals surface area contributed by atoms with Gasteiger partial charge in [-0.15, -0.1) is 12.3 Å². The highest BCUT2D eigenvalue weighted by Gasteiger charge is 2.07. The zero-order chi connectivity index (χ0) is 13.5. The number of rotatable bonds is 7. The first-order valence-electron chi connectivity index (χ1n) is 6.62. The molecule has 2 N–H and O–H groups in total. The van der Waals surface area contributed by atoms with Gasteiger partial charge in [-0.1, -0.05) is 36.3 Å². The summed E-state index contributed by atoms with van der Waals surface area (Å²) in [5.74, 6) is 8.71. The van der Waals surface area contributed by atoms with Crippen molar-refractivity contribution in [1.29, 1.82) is 0 Å². The number of fused-ring (bicyclic) bond motifs is 1. The van der Waals surface area contributed by atoms with E-state index in [2.05, 4.69) is 17.0 Å². The lowest BCUT2D eigenvalue weighted by Crippen LogP contribution is -2.31. The fraction of sp³-hybridized carbons (Fsp3) is 0.400. The maximum atomic E-state index is 6.05. The molecule has 100 valence electrons. The molecule has 3 nitrogen and oxygen atoms in total. The van der Waals surface area contributed by atoms with Gasteiger partial charge in [0.15, 0.2) is 0 Å². The lowest BCUT2D eigenvalue weighted by atomic mass is 10.1. The molecule has 0 atom stereocenters. The van der Waals surface area contributed by atoms with Crippen LogP contribution in [0.4, 0.5) is 5.13 Å². The number of para-hydroxylation sites is 1. The van der Waals surface area contributed by atoms with Crippen molar-refractivity contribution >= 4 is 26.7 Å². The first kappa shape index (κ1) is 13.9. The number of nitrogens with two attached hydrogens (primary N) is 1. The SMILES string of the molecule is C#CCCCCCCN(N)c1nc2ccccc2s1. The number of thiazole rings is 1. The third-order valence-corrected chi connectivity index (χ3v) is 4.07. The second-order valence-corrected chi connectivity index (χ2v) is 5.53. The van der Waals surface area contributed by atoms with Gasteiger partial charge in [-0.2, -0.15) is 0 Å². The molecule has 0 amide bonds. The van der Waals surface area contributed by atoms with Crippen LogP contribution >= 0.6 is 11.3 Å². The number of aromatic nitrogens is 1. The lowest BCUT2D eigenvalue weighted by molar-refractivity contribution is 0.637. The van der Waals surface area contributed by atoms with Crippen molar-refractivity contribution in [2.24, 2.45) is 5.84 Å². The summed E-state index contributed by atoms with van der Waals surface area (Å²) in [6.07, 6.45) is 10.6. The molecule has 2 aromatic rings. The van der Waals surface area contributed by atoms with Gasteiger partial charge < -0.3 is 0 Å². The summed E-state index contributed by atoms with van der Waals surface area (Å²) in [5.41, 5.74) is 1.02. The van der Waals surface area contributed by atoms with E-state index in [-0.39, 0.29) is 0 Å². The molecule has 1 aromatic carbocycles. The average molecular weight is 273 g/mol. The van der Waals surface area contributed by atoms with Crippen LogP contribution in [0.1, 0.15) is 32.1 Å². The Morgan fingerprint density at radius 3 is 2.79 bits per heavy atom. The molecule has 0 aliphatic carbocycles. The van der Waals surface area contributed by atoms with Gasteiger partial charge in [0.2, 0.25) is 5.13 Å². The summed E-state index contributed by atoms with van der Waals surface area (Å²) in [6, 6.07) is 8.11. The van der Waals surface area contributed by atoms with Crippen LogP contribution in [0.15, 0.2) is 24.3 Å². The Labute approximate surface area is 118 Å². The monoisotopic (exact) mass is 273 g/mol. The normalized spacial score (nSPS) is 10.5. The van der Waals surface area contributed by atoms with E-state index in [1.165, 1.54) is 17.5 Å². The summed E-state index contributed by atoms with van der Waals surface area (Å²) < 4.78 is 1.18. The molecule has 0 saturated heterocycles. The Morgan fingerprint density at radius 1 is 1.21 bits per heavy atom. The van der Waals surface area contributed by atoms with Gasteiger partial charge in [-0.05, 0) is 25.0 Å². The van der Waals surface area contributed by atoms with Gasteiger partial charge in [0, 0.05) is 13.0 Å². The molecule has 0 saturated carbocycles. The van der Waals surface area contributed by atoms with Crippen molar-refractivity contribution in [3.05, 3.63) is 24.3 Å². The fourth-order valence-corrected chi connectivity index (χ4v) is 2.86. The van der Waals surface area contributed by atoms with Crippen molar-refractivity contribution in [2.75, 3.05) is 11.6 Å². The number of hydrogen-bond acceptors (Lipinski definition) is 4. The Balaban J connectivity index is 1.79. The summed E-state index contributed by atoms with van der Waals surface area (Å²) in [4.78, 5) is 4.53. The van der Waals surface area contributed by atoms with Crippen molar-refractivity contribution in [1.82, 2.24) is 4.98 Å². The molecule has 0 unspecified atom stereocenters. The van der Waals surface area contributed by atoms with Crippen LogP contribution < -0.4 is 10.9 Å². The van der Waals surface area contributed by atoms with Crippen LogP contribution in [-0.4, -0.2) is 11.5 Å². The predicted octanol–water partition coefficient (Wildman–Crippen LogP) is 3.56. The number of terminal acetylenes is 1. The molecule has 0 fully saturated rings. The van der Waals surface area contributed by atoms with Crippen LogP contribution in [0.2, 0.25) is 0 Å². The lowest BCUT2D eigenvalue weighted by Gasteiger charge is -2.14. The number of benzene rings is 1. The molecule has 4 heteroatoms. The van der Waals surface area contributed by atoms with Gasteiger partial charge in [-0.25, -0.2) is 10.8 Å². The summed E-state index contributed by atoms with van der Waals surface area (Å²) in [5, 5.41) is 2.65. The van der Waals surface area contributed by atoms with E-state index in [1.54, 1.807) is 16.3 Å². The van der Waals surface area contributed by atoms with Crippen LogP contribution in [0.5, 0.6) is 0 Å². The summed E-state index contributed by atoms with van der Waals surface area (Å²) in [6.45, 7) is 0.843. The van der Waals surface area contributed by atoms with E-state index in [0.29, 0.717) is 0 Å². The van der Waals surface area contributed by atoms with E-state index >= 15 is 0 Å². The quantitative estimate of drug-likeness (QED) is 0.363. The van der Waals surface area contributed by atoms with Crippen LogP contribution in [0.3, 0.4) is 0 Å². The van der Waals surface area contributed by atoms with E-state index < -0.39 is 0 Å². The molecular formula is C15H19N3S. The first-order valence-corrected chi connectivity index (χ1v) is 7.44. The number of hydrogen-bond donors (Lipinski definition) is 1. The third-order valence-electron chi connectivity index (χ3n) is 3.00. The average Bonchev–Trinajstić information content (AvgIpc) is 2.86. The number of anilines is 1. The maximum absolute atomic E-state index is 6.05. The number of nitrogens with zero attached hydrogens (tertiary/aromatic N) is 2. The van der Waals surface area contributed by atoms with Crippen LogP contribution in [0.25, 0.3) is 10.2 Å². The van der Waals surface area contributed by atoms with Gasteiger partial charge in [0.05, 0.1) is 10.2 Å². The topological polar surface area (TPSA) is 42.1 Å². The van der Waals surface area contributed by atoms with Gasteiger partial charge in [0.25, 0.3) is 0 Å². The molecule has 0 spiro atoms. The summed E-state index contributed by atoms with van der Waals surface area (Å²) >= 11 is 1.64. The van der Waals surface area contributed by atoms with E-state index in [1.807, 2.05) is 18.2 Å². The second kappa shape index (κ2) is 7.13. The zero-order valence-corrected chi connectivity index (χ0v) is 11.8. The van der Waals surface area contributed by atoms with Gasteiger partial charge in [-0.3, -0.25) is 5.01 Å². The van der Waals surface area contributed by atoms with E-state index in [4.69, 9.17) is 12.3 Å². The van der Waals surface area contributed by atoms with Crippen LogP contribution in [-0.2, 0) is 0 Å². The highest BCUT2D eigenvalue weighted by Crippen LogP contribution is 2.27. The molecule has 19 heavy (non-hydrogen) atoms. The van der Waals surface area contributed by atoms with Crippen molar-refractivity contribution < 1.29 is 0 Å². The van der Waals surface area contributed by atoms with E-state index in [0.717, 1.165) is 36.5 Å². The highest BCUT2D eigenvalue weighted by atomic mass is 32.1. The van der Waals surface area contributed by atoms with Crippen molar-refractivity contribution in [3.63, 3.8) is 0 Å². The van der Waals surface area contributed by atoms with E-state index in [9.17, 15) is 0 Å². The maximum Gasteiger partial charge on any atom is 0.200 e. The zero-order valence-electron chi connectivity index (χ0n) is 11.0.